The molecule has 2 rings (SSSR count). The molecule has 1 heterocycles. The van der Waals surface area contributed by atoms with Crippen molar-refractivity contribution in [2.24, 2.45) is 0 Å². The molecule has 0 radical (unpaired) electrons. The van der Waals surface area contributed by atoms with Gasteiger partial charge in [0.2, 0.25) is 0 Å². The third kappa shape index (κ3) is 1.97. The van der Waals surface area contributed by atoms with Crippen LogP contribution in [-0.2, 0) is 5.88 Å². The van der Waals surface area contributed by atoms with Gasteiger partial charge < -0.3 is 0 Å². The molecular formula is C11H10ClNS. The zero-order chi connectivity index (χ0) is 9.97. The first-order chi connectivity index (χ1) is 6.79. The zero-order valence-corrected chi connectivity index (χ0v) is 9.40. The van der Waals surface area contributed by atoms with E-state index in [-0.39, 0.29) is 0 Å². The van der Waals surface area contributed by atoms with Crippen LogP contribution in [0.2, 0.25) is 0 Å². The van der Waals surface area contributed by atoms with E-state index in [0.717, 1.165) is 9.88 Å². The van der Waals surface area contributed by atoms with Crippen LogP contribution in [0.4, 0.5) is 0 Å². The monoisotopic (exact) mass is 223 g/mol. The Bertz CT molecular complexity index is 436. The van der Waals surface area contributed by atoms with Gasteiger partial charge in [-0.1, -0.05) is 23.8 Å². The van der Waals surface area contributed by atoms with E-state index in [2.05, 4.69) is 30.1 Å². The van der Waals surface area contributed by atoms with Gasteiger partial charge in [-0.05, 0) is 13.0 Å². The van der Waals surface area contributed by atoms with Crippen molar-refractivity contribution in [3.05, 3.63) is 40.9 Å². The number of aromatic nitrogens is 1. The van der Waals surface area contributed by atoms with Crippen molar-refractivity contribution in [3.63, 3.8) is 0 Å². The summed E-state index contributed by atoms with van der Waals surface area (Å²) in [7, 11) is 0. The van der Waals surface area contributed by atoms with E-state index in [0.29, 0.717) is 5.88 Å². The number of thiazole rings is 1. The second-order valence-electron chi connectivity index (χ2n) is 3.13. The van der Waals surface area contributed by atoms with E-state index in [9.17, 15) is 0 Å². The number of halogens is 1. The fraction of sp³-hybridized carbons (Fsp3) is 0.182. The minimum absolute atomic E-state index is 0.545. The lowest BCUT2D eigenvalue weighted by molar-refractivity contribution is 1.36. The Hall–Kier alpha value is -0.860. The molecule has 1 nitrogen and oxygen atoms in total. The SMILES string of the molecule is Cc1cccc(-c2ncc(CCl)s2)c1. The van der Waals surface area contributed by atoms with Crippen LogP contribution in [0.1, 0.15) is 10.4 Å². The number of alkyl halides is 1. The molecule has 0 fully saturated rings. The highest BCUT2D eigenvalue weighted by Crippen LogP contribution is 2.26. The Morgan fingerprint density at radius 3 is 2.93 bits per heavy atom. The maximum absolute atomic E-state index is 5.73. The number of hydrogen-bond acceptors (Lipinski definition) is 2. The average molecular weight is 224 g/mol. The van der Waals surface area contributed by atoms with Crippen LogP contribution in [0.25, 0.3) is 10.6 Å². The number of nitrogens with zero attached hydrogens (tertiary/aromatic N) is 1. The first kappa shape index (κ1) is 9.69. The van der Waals surface area contributed by atoms with Crippen LogP contribution in [0.15, 0.2) is 30.5 Å². The van der Waals surface area contributed by atoms with Crippen LogP contribution < -0.4 is 0 Å². The lowest BCUT2D eigenvalue weighted by atomic mass is 10.1. The summed E-state index contributed by atoms with van der Waals surface area (Å²) < 4.78 is 0. The standard InChI is InChI=1S/C11H10ClNS/c1-8-3-2-4-9(5-8)11-13-7-10(6-12)14-11/h2-5,7H,6H2,1H3. The van der Waals surface area contributed by atoms with Crippen LogP contribution in [-0.4, -0.2) is 4.98 Å². The summed E-state index contributed by atoms with van der Waals surface area (Å²) in [5.41, 5.74) is 2.43. The predicted octanol–water partition coefficient (Wildman–Crippen LogP) is 3.86. The Morgan fingerprint density at radius 1 is 1.43 bits per heavy atom. The van der Waals surface area contributed by atoms with E-state index in [4.69, 9.17) is 11.6 Å². The second-order valence-corrected chi connectivity index (χ2v) is 4.52. The summed E-state index contributed by atoms with van der Waals surface area (Å²) in [6.45, 7) is 2.08. The number of aryl methyl sites for hydroxylation is 1. The molecule has 0 saturated heterocycles. The normalized spacial score (nSPS) is 10.4. The summed E-state index contributed by atoms with van der Waals surface area (Å²) in [6.07, 6.45) is 1.84. The van der Waals surface area contributed by atoms with Crippen molar-refractivity contribution >= 4 is 22.9 Å². The second kappa shape index (κ2) is 4.11. The third-order valence-corrected chi connectivity index (χ3v) is 3.44. The Balaban J connectivity index is 2.39. The predicted molar refractivity (Wildman–Crippen MR) is 61.8 cm³/mol. The van der Waals surface area contributed by atoms with Gasteiger partial charge in [0.05, 0.1) is 5.88 Å². The maximum atomic E-state index is 5.73. The first-order valence-corrected chi connectivity index (χ1v) is 5.72. The summed E-state index contributed by atoms with van der Waals surface area (Å²) in [5.74, 6) is 0.545. The van der Waals surface area contributed by atoms with Crippen LogP contribution >= 0.6 is 22.9 Å². The molecule has 0 N–H and O–H groups in total. The van der Waals surface area contributed by atoms with E-state index in [1.165, 1.54) is 11.1 Å². The topological polar surface area (TPSA) is 12.9 Å². The quantitative estimate of drug-likeness (QED) is 0.705. The molecule has 0 aliphatic rings. The van der Waals surface area contributed by atoms with E-state index >= 15 is 0 Å². The Kier molecular flexibility index (Phi) is 2.85. The molecule has 0 spiro atoms. The summed E-state index contributed by atoms with van der Waals surface area (Å²) in [5, 5.41) is 1.05. The molecule has 0 aliphatic carbocycles. The van der Waals surface area contributed by atoms with Crippen molar-refractivity contribution in [1.82, 2.24) is 4.98 Å². The van der Waals surface area contributed by atoms with Crippen LogP contribution in [0, 0.1) is 6.92 Å². The molecule has 0 atom stereocenters. The number of rotatable bonds is 2. The fourth-order valence-corrected chi connectivity index (χ4v) is 2.27. The van der Waals surface area contributed by atoms with Crippen LogP contribution in [0.5, 0.6) is 0 Å². The maximum Gasteiger partial charge on any atom is 0.123 e. The Morgan fingerprint density at radius 2 is 2.29 bits per heavy atom. The van der Waals surface area contributed by atoms with Gasteiger partial charge >= 0.3 is 0 Å². The van der Waals surface area contributed by atoms with Crippen molar-refractivity contribution in [3.8, 4) is 10.6 Å². The summed E-state index contributed by atoms with van der Waals surface area (Å²) in [4.78, 5) is 5.45. The molecule has 1 aromatic carbocycles. The Labute approximate surface area is 92.4 Å². The van der Waals surface area contributed by atoms with E-state index < -0.39 is 0 Å². The van der Waals surface area contributed by atoms with Crippen molar-refractivity contribution < 1.29 is 0 Å². The minimum atomic E-state index is 0.545. The molecule has 0 saturated carbocycles. The molecule has 3 heteroatoms. The molecule has 0 aliphatic heterocycles. The number of benzene rings is 1. The van der Waals surface area contributed by atoms with Gasteiger partial charge in [0.15, 0.2) is 0 Å². The average Bonchev–Trinajstić information content (AvgIpc) is 2.66. The minimum Gasteiger partial charge on any atom is -0.244 e. The highest BCUT2D eigenvalue weighted by molar-refractivity contribution is 7.15. The third-order valence-electron chi connectivity index (χ3n) is 1.95. The smallest absolute Gasteiger partial charge is 0.123 e. The highest BCUT2D eigenvalue weighted by Gasteiger charge is 2.03. The molecule has 0 unspecified atom stereocenters. The number of hydrogen-bond donors (Lipinski definition) is 0. The van der Waals surface area contributed by atoms with Gasteiger partial charge in [0, 0.05) is 16.6 Å². The summed E-state index contributed by atoms with van der Waals surface area (Å²) in [6, 6.07) is 8.34. The molecule has 1 aromatic heterocycles. The lowest BCUT2D eigenvalue weighted by Gasteiger charge is -1.96. The molecule has 2 aromatic rings. The highest BCUT2D eigenvalue weighted by atomic mass is 35.5. The molecular weight excluding hydrogens is 214 g/mol. The van der Waals surface area contributed by atoms with E-state index in [1.54, 1.807) is 11.3 Å². The van der Waals surface area contributed by atoms with Crippen LogP contribution in [0.3, 0.4) is 0 Å². The molecule has 72 valence electrons. The van der Waals surface area contributed by atoms with Crippen molar-refractivity contribution in [1.29, 1.82) is 0 Å². The molecule has 0 bridgehead atoms. The van der Waals surface area contributed by atoms with Gasteiger partial charge in [-0.3, -0.25) is 0 Å². The zero-order valence-electron chi connectivity index (χ0n) is 7.83. The lowest BCUT2D eigenvalue weighted by Crippen LogP contribution is -1.76. The molecule has 14 heavy (non-hydrogen) atoms. The van der Waals surface area contributed by atoms with Gasteiger partial charge in [-0.25, -0.2) is 4.98 Å². The van der Waals surface area contributed by atoms with Crippen molar-refractivity contribution in [2.45, 2.75) is 12.8 Å². The van der Waals surface area contributed by atoms with Crippen molar-refractivity contribution in [2.75, 3.05) is 0 Å². The largest absolute Gasteiger partial charge is 0.244 e. The molecule has 0 amide bonds. The van der Waals surface area contributed by atoms with Gasteiger partial charge in [0.1, 0.15) is 5.01 Å². The van der Waals surface area contributed by atoms with Gasteiger partial charge in [-0.2, -0.15) is 0 Å². The first-order valence-electron chi connectivity index (χ1n) is 4.37. The van der Waals surface area contributed by atoms with E-state index in [1.807, 2.05) is 12.3 Å². The van der Waals surface area contributed by atoms with Gasteiger partial charge in [0.25, 0.3) is 0 Å². The van der Waals surface area contributed by atoms with Gasteiger partial charge in [-0.15, -0.1) is 22.9 Å². The summed E-state index contributed by atoms with van der Waals surface area (Å²) >= 11 is 7.38. The fourth-order valence-electron chi connectivity index (χ4n) is 1.28.